The molecule has 2 aromatic carbocycles. The zero-order valence-corrected chi connectivity index (χ0v) is 21.0. The molecule has 2 heterocycles. The molecule has 0 spiro atoms. The Kier molecular flexibility index (Phi) is 8.04. The molecule has 4 rings (SSSR count). The van der Waals surface area contributed by atoms with Crippen molar-refractivity contribution in [3.05, 3.63) is 71.0 Å². The van der Waals surface area contributed by atoms with E-state index < -0.39 is 9.84 Å². The van der Waals surface area contributed by atoms with Crippen molar-refractivity contribution in [1.82, 2.24) is 25.2 Å². The van der Waals surface area contributed by atoms with Gasteiger partial charge in [-0.1, -0.05) is 35.0 Å². The lowest BCUT2D eigenvalue weighted by atomic mass is 10.1. The van der Waals surface area contributed by atoms with Gasteiger partial charge in [-0.2, -0.15) is 0 Å². The molecule has 1 aliphatic heterocycles. The average molecular weight is 518 g/mol. The number of amides is 1. The van der Waals surface area contributed by atoms with Crippen molar-refractivity contribution in [3.8, 4) is 5.75 Å². The molecular weight excluding hydrogens is 490 g/mol. The molecule has 1 fully saturated rings. The first-order chi connectivity index (χ1) is 16.8. The molecule has 1 atom stereocenters. The number of likely N-dealkylation sites (tertiary alicyclic amines) is 1. The van der Waals surface area contributed by atoms with Crippen LogP contribution in [0.25, 0.3) is 0 Å². The SMILES string of the molecule is CS(=O)(=O)c1cccc(OCc2cn(CCNC(=O)C3CCCN3Cc3ccc(Cl)cc3)nn2)c1. The van der Waals surface area contributed by atoms with Gasteiger partial charge in [0.2, 0.25) is 5.91 Å². The summed E-state index contributed by atoms with van der Waals surface area (Å²) < 4.78 is 30.7. The van der Waals surface area contributed by atoms with Crippen LogP contribution in [0, 0.1) is 0 Å². The van der Waals surface area contributed by atoms with Gasteiger partial charge in [-0.3, -0.25) is 14.4 Å². The van der Waals surface area contributed by atoms with Crippen LogP contribution < -0.4 is 10.1 Å². The van der Waals surface area contributed by atoms with Crippen LogP contribution >= 0.6 is 11.6 Å². The fourth-order valence-electron chi connectivity index (χ4n) is 4.01. The number of aromatic nitrogens is 3. The van der Waals surface area contributed by atoms with Gasteiger partial charge < -0.3 is 10.1 Å². The second-order valence-electron chi connectivity index (χ2n) is 8.55. The molecule has 9 nitrogen and oxygen atoms in total. The molecule has 1 N–H and O–H groups in total. The second-order valence-corrected chi connectivity index (χ2v) is 11.0. The van der Waals surface area contributed by atoms with Crippen LogP contribution in [0.5, 0.6) is 5.75 Å². The number of ether oxygens (including phenoxy) is 1. The number of sulfone groups is 1. The fraction of sp³-hybridized carbons (Fsp3) is 0.375. The van der Waals surface area contributed by atoms with Crippen molar-refractivity contribution in [3.63, 3.8) is 0 Å². The topological polar surface area (TPSA) is 106 Å². The van der Waals surface area contributed by atoms with E-state index >= 15 is 0 Å². The summed E-state index contributed by atoms with van der Waals surface area (Å²) in [7, 11) is -3.30. The van der Waals surface area contributed by atoms with Crippen molar-refractivity contribution < 1.29 is 17.9 Å². The lowest BCUT2D eigenvalue weighted by Crippen LogP contribution is -2.43. The first-order valence-corrected chi connectivity index (χ1v) is 13.6. The van der Waals surface area contributed by atoms with E-state index in [1.807, 2.05) is 24.3 Å². The summed E-state index contributed by atoms with van der Waals surface area (Å²) in [6.45, 7) is 2.67. The highest BCUT2D eigenvalue weighted by atomic mass is 35.5. The minimum Gasteiger partial charge on any atom is -0.487 e. The zero-order chi connectivity index (χ0) is 24.8. The Labute approximate surface area is 209 Å². The predicted octanol–water partition coefficient (Wildman–Crippen LogP) is 2.69. The highest BCUT2D eigenvalue weighted by Crippen LogP contribution is 2.21. The minimum absolute atomic E-state index is 0.0193. The van der Waals surface area contributed by atoms with Crippen LogP contribution in [0.1, 0.15) is 24.1 Å². The van der Waals surface area contributed by atoms with E-state index in [1.165, 1.54) is 12.1 Å². The van der Waals surface area contributed by atoms with Crippen LogP contribution in [-0.4, -0.2) is 59.6 Å². The molecule has 35 heavy (non-hydrogen) atoms. The summed E-state index contributed by atoms with van der Waals surface area (Å²) in [6, 6.07) is 13.9. The summed E-state index contributed by atoms with van der Waals surface area (Å²) in [5, 5.41) is 11.9. The molecule has 1 aromatic heterocycles. The van der Waals surface area contributed by atoms with Gasteiger partial charge >= 0.3 is 0 Å². The third-order valence-corrected chi connectivity index (χ3v) is 7.17. The number of nitrogens with one attached hydrogen (secondary N) is 1. The molecule has 1 amide bonds. The number of rotatable bonds is 10. The largest absolute Gasteiger partial charge is 0.487 e. The smallest absolute Gasteiger partial charge is 0.237 e. The van der Waals surface area contributed by atoms with Crippen LogP contribution in [-0.2, 0) is 34.3 Å². The lowest BCUT2D eigenvalue weighted by molar-refractivity contribution is -0.125. The molecule has 0 saturated carbocycles. The molecular formula is C24H28ClN5O4S. The molecule has 1 unspecified atom stereocenters. The van der Waals surface area contributed by atoms with Gasteiger partial charge in [0.15, 0.2) is 9.84 Å². The van der Waals surface area contributed by atoms with Crippen molar-refractivity contribution in [2.75, 3.05) is 19.3 Å². The van der Waals surface area contributed by atoms with E-state index in [1.54, 1.807) is 23.0 Å². The second kappa shape index (κ2) is 11.2. The number of hydrogen-bond acceptors (Lipinski definition) is 7. The van der Waals surface area contributed by atoms with Crippen LogP contribution in [0.4, 0.5) is 0 Å². The minimum atomic E-state index is -3.30. The van der Waals surface area contributed by atoms with Gasteiger partial charge in [0.1, 0.15) is 18.1 Å². The number of carbonyl (C=O) groups excluding carboxylic acids is 1. The first-order valence-electron chi connectivity index (χ1n) is 11.4. The van der Waals surface area contributed by atoms with Gasteiger partial charge in [0.05, 0.1) is 23.7 Å². The van der Waals surface area contributed by atoms with Gasteiger partial charge in [-0.05, 0) is 55.3 Å². The molecule has 1 aliphatic rings. The highest BCUT2D eigenvalue weighted by Gasteiger charge is 2.30. The van der Waals surface area contributed by atoms with Crippen LogP contribution in [0.15, 0.2) is 59.6 Å². The van der Waals surface area contributed by atoms with Crippen LogP contribution in [0.3, 0.4) is 0 Å². The molecule has 1 saturated heterocycles. The third-order valence-electron chi connectivity index (χ3n) is 5.81. The lowest BCUT2D eigenvalue weighted by Gasteiger charge is -2.23. The van der Waals surface area contributed by atoms with Crippen molar-refractivity contribution >= 4 is 27.3 Å². The van der Waals surface area contributed by atoms with Crippen molar-refractivity contribution in [2.24, 2.45) is 0 Å². The Bertz CT molecular complexity index is 1260. The summed E-state index contributed by atoms with van der Waals surface area (Å²) in [5.41, 5.74) is 1.74. The summed E-state index contributed by atoms with van der Waals surface area (Å²) in [5.74, 6) is 0.459. The van der Waals surface area contributed by atoms with Crippen LogP contribution in [0.2, 0.25) is 5.02 Å². The first kappa shape index (κ1) is 25.2. The summed E-state index contributed by atoms with van der Waals surface area (Å²) in [6.07, 6.45) is 4.73. The van der Waals surface area contributed by atoms with E-state index in [0.29, 0.717) is 29.6 Å². The van der Waals surface area contributed by atoms with Gasteiger partial charge in [-0.15, -0.1) is 5.10 Å². The fourth-order valence-corrected chi connectivity index (χ4v) is 4.80. The number of carbonyl (C=O) groups is 1. The van der Waals surface area contributed by atoms with Gasteiger partial charge in [0.25, 0.3) is 0 Å². The Balaban J connectivity index is 1.23. The maximum atomic E-state index is 12.8. The Morgan fingerprint density at radius 3 is 2.80 bits per heavy atom. The Morgan fingerprint density at radius 2 is 2.03 bits per heavy atom. The monoisotopic (exact) mass is 517 g/mol. The maximum Gasteiger partial charge on any atom is 0.237 e. The van der Waals surface area contributed by atoms with E-state index in [4.69, 9.17) is 16.3 Å². The normalized spacial score (nSPS) is 16.3. The molecule has 186 valence electrons. The van der Waals surface area contributed by atoms with E-state index in [2.05, 4.69) is 20.5 Å². The van der Waals surface area contributed by atoms with Gasteiger partial charge in [0, 0.05) is 24.4 Å². The highest BCUT2D eigenvalue weighted by molar-refractivity contribution is 7.90. The summed E-state index contributed by atoms with van der Waals surface area (Å²) in [4.78, 5) is 15.2. The van der Waals surface area contributed by atoms with Gasteiger partial charge in [-0.25, -0.2) is 8.42 Å². The number of nitrogens with zero attached hydrogens (tertiary/aromatic N) is 4. The average Bonchev–Trinajstić information content (AvgIpc) is 3.48. The molecule has 11 heteroatoms. The number of hydrogen-bond donors (Lipinski definition) is 1. The quantitative estimate of drug-likeness (QED) is 0.440. The third kappa shape index (κ3) is 7.03. The standard InChI is InChI=1S/C24H28ClN5O4S/c1-35(32,33)22-5-2-4-21(14-22)34-17-20-16-30(28-27-20)13-11-26-24(31)23-6-3-12-29(23)15-18-7-9-19(25)10-8-18/h2,4-5,7-10,14,16,23H,3,6,11-13,15,17H2,1H3,(H,26,31). The number of benzene rings is 2. The maximum absolute atomic E-state index is 12.8. The van der Waals surface area contributed by atoms with E-state index in [9.17, 15) is 13.2 Å². The van der Waals surface area contributed by atoms with E-state index in [-0.39, 0.29) is 23.5 Å². The van der Waals surface area contributed by atoms with Crippen molar-refractivity contribution in [1.29, 1.82) is 0 Å². The summed E-state index contributed by atoms with van der Waals surface area (Å²) >= 11 is 5.97. The zero-order valence-electron chi connectivity index (χ0n) is 19.4. The Morgan fingerprint density at radius 1 is 1.23 bits per heavy atom. The molecule has 3 aromatic rings. The van der Waals surface area contributed by atoms with E-state index in [0.717, 1.165) is 37.8 Å². The molecule has 0 aliphatic carbocycles. The molecule has 0 radical (unpaired) electrons. The Hall–Kier alpha value is -2.95. The van der Waals surface area contributed by atoms with Crippen molar-refractivity contribution in [2.45, 2.75) is 43.5 Å². The number of halogens is 1. The molecule has 0 bridgehead atoms. The predicted molar refractivity (Wildman–Crippen MR) is 132 cm³/mol.